The maximum atomic E-state index is 11.3. The molecule has 0 spiro atoms. The molecule has 2 N–H and O–H groups in total. The van der Waals surface area contributed by atoms with Crippen molar-refractivity contribution in [1.82, 2.24) is 0 Å². The van der Waals surface area contributed by atoms with Gasteiger partial charge in [-0.3, -0.25) is 10.1 Å². The summed E-state index contributed by atoms with van der Waals surface area (Å²) in [6, 6.07) is 6.02. The molecule has 1 unspecified atom stereocenters. The number of para-hydroxylation sites is 2. The molecule has 0 amide bonds. The van der Waals surface area contributed by atoms with E-state index in [0.29, 0.717) is 12.8 Å². The van der Waals surface area contributed by atoms with E-state index >= 15 is 0 Å². The van der Waals surface area contributed by atoms with Crippen LogP contribution < -0.4 is 5.32 Å². The Morgan fingerprint density at radius 2 is 2.11 bits per heavy atom. The van der Waals surface area contributed by atoms with E-state index < -0.39 is 16.4 Å². The summed E-state index contributed by atoms with van der Waals surface area (Å²) in [6.45, 7) is 3.39. The molecule has 0 aliphatic carbocycles. The topological polar surface area (TPSA) is 92.5 Å². The first-order valence-corrected chi connectivity index (χ1v) is 5.65. The molecular formula is C12H16N2O4. The van der Waals surface area contributed by atoms with Crippen molar-refractivity contribution in [3.8, 4) is 0 Å². The minimum Gasteiger partial charge on any atom is -0.480 e. The molecule has 0 aromatic heterocycles. The van der Waals surface area contributed by atoms with E-state index in [0.717, 1.165) is 0 Å². The molecular weight excluding hydrogens is 236 g/mol. The third-order valence-electron chi connectivity index (χ3n) is 2.73. The molecule has 0 radical (unpaired) electrons. The van der Waals surface area contributed by atoms with Crippen LogP contribution in [0.1, 0.15) is 26.7 Å². The van der Waals surface area contributed by atoms with Gasteiger partial charge in [-0.1, -0.05) is 25.5 Å². The summed E-state index contributed by atoms with van der Waals surface area (Å²) in [5, 5.41) is 22.8. The summed E-state index contributed by atoms with van der Waals surface area (Å²) in [7, 11) is 0. The first-order valence-electron chi connectivity index (χ1n) is 5.65. The highest BCUT2D eigenvalue weighted by Crippen LogP contribution is 2.28. The second kappa shape index (κ2) is 5.48. The van der Waals surface area contributed by atoms with E-state index in [1.54, 1.807) is 12.1 Å². The predicted molar refractivity (Wildman–Crippen MR) is 67.7 cm³/mol. The summed E-state index contributed by atoms with van der Waals surface area (Å²) >= 11 is 0. The first kappa shape index (κ1) is 14.0. The van der Waals surface area contributed by atoms with Crippen molar-refractivity contribution in [2.75, 3.05) is 5.32 Å². The van der Waals surface area contributed by atoms with Gasteiger partial charge in [-0.05, 0) is 19.4 Å². The molecule has 6 heteroatoms. The summed E-state index contributed by atoms with van der Waals surface area (Å²) in [4.78, 5) is 21.6. The van der Waals surface area contributed by atoms with Crippen molar-refractivity contribution < 1.29 is 14.8 Å². The minimum absolute atomic E-state index is 0.124. The fourth-order valence-electron chi connectivity index (χ4n) is 1.76. The average molecular weight is 252 g/mol. The molecule has 6 nitrogen and oxygen atoms in total. The van der Waals surface area contributed by atoms with E-state index in [4.69, 9.17) is 0 Å². The van der Waals surface area contributed by atoms with Crippen LogP contribution in [0.5, 0.6) is 0 Å². The summed E-state index contributed by atoms with van der Waals surface area (Å²) in [5.74, 6) is -1.03. The molecule has 0 saturated carbocycles. The maximum absolute atomic E-state index is 11.3. The van der Waals surface area contributed by atoms with Crippen LogP contribution in [0.2, 0.25) is 0 Å². The molecule has 1 aromatic carbocycles. The number of carboxylic acid groups (broad SMARTS) is 1. The van der Waals surface area contributed by atoms with Gasteiger partial charge in [0.1, 0.15) is 11.2 Å². The Morgan fingerprint density at radius 1 is 1.50 bits per heavy atom. The second-order valence-corrected chi connectivity index (χ2v) is 4.29. The van der Waals surface area contributed by atoms with Gasteiger partial charge in [-0.15, -0.1) is 0 Å². The Balaban J connectivity index is 3.08. The first-order chi connectivity index (χ1) is 8.40. The van der Waals surface area contributed by atoms with E-state index in [1.807, 2.05) is 6.92 Å². The van der Waals surface area contributed by atoms with Gasteiger partial charge in [0.2, 0.25) is 0 Å². The van der Waals surface area contributed by atoms with Gasteiger partial charge in [0.25, 0.3) is 5.69 Å². The lowest BCUT2D eigenvalue weighted by molar-refractivity contribution is -0.384. The van der Waals surface area contributed by atoms with Crippen molar-refractivity contribution >= 4 is 17.3 Å². The highest BCUT2D eigenvalue weighted by molar-refractivity contribution is 5.83. The van der Waals surface area contributed by atoms with Gasteiger partial charge in [0.05, 0.1) is 4.92 Å². The van der Waals surface area contributed by atoms with Gasteiger partial charge < -0.3 is 10.4 Å². The average Bonchev–Trinajstić information content (AvgIpc) is 2.29. The zero-order valence-corrected chi connectivity index (χ0v) is 10.3. The Morgan fingerprint density at radius 3 is 2.61 bits per heavy atom. The number of rotatable bonds is 6. The zero-order valence-electron chi connectivity index (χ0n) is 10.3. The number of carboxylic acids is 1. The monoisotopic (exact) mass is 252 g/mol. The Labute approximate surface area is 105 Å². The number of nitro benzene ring substituents is 1. The standard InChI is InChI=1S/C12H16N2O4/c1-3-8-12(2,11(15)16)13-9-6-4-5-7-10(9)14(17)18/h4-7,13H,3,8H2,1-2H3,(H,15,16). The van der Waals surface area contributed by atoms with Crippen molar-refractivity contribution in [2.24, 2.45) is 0 Å². The molecule has 0 heterocycles. The van der Waals surface area contributed by atoms with E-state index in [1.165, 1.54) is 19.1 Å². The number of carbonyl (C=O) groups is 1. The van der Waals surface area contributed by atoms with Crippen LogP contribution in [-0.4, -0.2) is 21.5 Å². The summed E-state index contributed by atoms with van der Waals surface area (Å²) in [5.41, 5.74) is -1.11. The number of anilines is 1. The number of benzene rings is 1. The van der Waals surface area contributed by atoms with Crippen LogP contribution in [0, 0.1) is 10.1 Å². The Hall–Kier alpha value is -2.11. The van der Waals surface area contributed by atoms with E-state index in [-0.39, 0.29) is 11.4 Å². The number of hydrogen-bond donors (Lipinski definition) is 2. The van der Waals surface area contributed by atoms with E-state index in [2.05, 4.69) is 5.32 Å². The number of hydrogen-bond acceptors (Lipinski definition) is 4. The lowest BCUT2D eigenvalue weighted by Gasteiger charge is -2.26. The fraction of sp³-hybridized carbons (Fsp3) is 0.417. The molecule has 18 heavy (non-hydrogen) atoms. The largest absolute Gasteiger partial charge is 0.480 e. The summed E-state index contributed by atoms with van der Waals surface area (Å²) in [6.07, 6.45) is 1.05. The second-order valence-electron chi connectivity index (χ2n) is 4.29. The van der Waals surface area contributed by atoms with Crippen LogP contribution in [0.3, 0.4) is 0 Å². The number of nitro groups is 1. The molecule has 0 aliphatic heterocycles. The maximum Gasteiger partial charge on any atom is 0.329 e. The molecule has 0 saturated heterocycles. The van der Waals surface area contributed by atoms with Gasteiger partial charge in [-0.2, -0.15) is 0 Å². The van der Waals surface area contributed by atoms with Gasteiger partial charge in [-0.25, -0.2) is 4.79 Å². The van der Waals surface area contributed by atoms with Crippen LogP contribution >= 0.6 is 0 Å². The van der Waals surface area contributed by atoms with Crippen LogP contribution in [-0.2, 0) is 4.79 Å². The van der Waals surface area contributed by atoms with Crippen LogP contribution in [0.4, 0.5) is 11.4 Å². The van der Waals surface area contributed by atoms with Gasteiger partial charge in [0.15, 0.2) is 0 Å². The molecule has 1 atom stereocenters. The molecule has 0 aliphatic rings. The van der Waals surface area contributed by atoms with Gasteiger partial charge in [0, 0.05) is 6.07 Å². The highest BCUT2D eigenvalue weighted by Gasteiger charge is 2.33. The third kappa shape index (κ3) is 2.97. The fourth-order valence-corrected chi connectivity index (χ4v) is 1.76. The molecule has 1 rings (SSSR count). The number of nitrogens with zero attached hydrogens (tertiary/aromatic N) is 1. The third-order valence-corrected chi connectivity index (χ3v) is 2.73. The highest BCUT2D eigenvalue weighted by atomic mass is 16.6. The number of nitrogens with one attached hydrogen (secondary N) is 1. The van der Waals surface area contributed by atoms with Crippen LogP contribution in [0.25, 0.3) is 0 Å². The normalized spacial score (nSPS) is 13.7. The SMILES string of the molecule is CCCC(C)(Nc1ccccc1[N+](=O)[O-])C(=O)O. The quantitative estimate of drug-likeness (QED) is 0.599. The molecule has 0 bridgehead atoms. The Bertz CT molecular complexity index is 461. The summed E-state index contributed by atoms with van der Waals surface area (Å²) < 4.78 is 0. The smallest absolute Gasteiger partial charge is 0.329 e. The lowest BCUT2D eigenvalue weighted by atomic mass is 9.95. The predicted octanol–water partition coefficient (Wildman–Crippen LogP) is 2.65. The van der Waals surface area contributed by atoms with Crippen molar-refractivity contribution in [3.05, 3.63) is 34.4 Å². The van der Waals surface area contributed by atoms with Crippen molar-refractivity contribution in [3.63, 3.8) is 0 Å². The van der Waals surface area contributed by atoms with Crippen LogP contribution in [0.15, 0.2) is 24.3 Å². The Kier molecular flexibility index (Phi) is 4.25. The van der Waals surface area contributed by atoms with Crippen molar-refractivity contribution in [1.29, 1.82) is 0 Å². The molecule has 0 fully saturated rings. The molecule has 98 valence electrons. The number of aliphatic carboxylic acids is 1. The minimum atomic E-state index is -1.21. The van der Waals surface area contributed by atoms with Gasteiger partial charge >= 0.3 is 5.97 Å². The lowest BCUT2D eigenvalue weighted by Crippen LogP contribution is -2.43. The zero-order chi connectivity index (χ0) is 13.8. The van der Waals surface area contributed by atoms with E-state index in [9.17, 15) is 20.0 Å². The van der Waals surface area contributed by atoms with Crippen molar-refractivity contribution in [2.45, 2.75) is 32.2 Å². The molecule has 1 aromatic rings.